The van der Waals surface area contributed by atoms with E-state index in [1.54, 1.807) is 11.3 Å². The minimum atomic E-state index is -0.171. The Morgan fingerprint density at radius 3 is 2.88 bits per heavy atom. The molecular weight excluding hydrogens is 290 g/mol. The molecule has 1 aromatic rings. The highest BCUT2D eigenvalue weighted by atomic mass is 79.9. The second kappa shape index (κ2) is 6.37. The van der Waals surface area contributed by atoms with Crippen molar-refractivity contribution in [3.8, 4) is 0 Å². The summed E-state index contributed by atoms with van der Waals surface area (Å²) in [5, 5.41) is 0. The van der Waals surface area contributed by atoms with Gasteiger partial charge in [0.15, 0.2) is 0 Å². The number of nitrogens with two attached hydrogens (primary N) is 1. The first-order valence-electron chi connectivity index (χ1n) is 5.12. The van der Waals surface area contributed by atoms with Gasteiger partial charge in [-0.15, -0.1) is 11.3 Å². The van der Waals surface area contributed by atoms with Crippen LogP contribution in [0.5, 0.6) is 0 Å². The lowest BCUT2D eigenvalue weighted by Crippen LogP contribution is -2.09. The van der Waals surface area contributed by atoms with Crippen molar-refractivity contribution in [2.75, 3.05) is 7.11 Å². The smallest absolute Gasteiger partial charge is 0.305 e. The fraction of sp³-hybridized carbons (Fsp3) is 0.545. The summed E-state index contributed by atoms with van der Waals surface area (Å²) >= 11 is 5.17. The fourth-order valence-electron chi connectivity index (χ4n) is 1.37. The standard InChI is InChI=1S/C11H16BrNO2S/c1-7-8(12)6-10(16-7)9(13)4-3-5-11(14)15-2/h6,9H,3-5,13H2,1-2H3. The van der Waals surface area contributed by atoms with Crippen LogP contribution >= 0.6 is 27.3 Å². The molecule has 0 radical (unpaired) electrons. The number of methoxy groups -OCH3 is 1. The highest BCUT2D eigenvalue weighted by Gasteiger charge is 2.11. The second-order valence-corrected chi connectivity index (χ2v) is 5.77. The lowest BCUT2D eigenvalue weighted by molar-refractivity contribution is -0.140. The summed E-state index contributed by atoms with van der Waals surface area (Å²) in [6.07, 6.45) is 2.01. The summed E-state index contributed by atoms with van der Waals surface area (Å²) in [6.45, 7) is 2.05. The molecule has 5 heteroatoms. The molecule has 0 aliphatic heterocycles. The van der Waals surface area contributed by atoms with Gasteiger partial charge in [-0.05, 0) is 41.8 Å². The molecule has 90 valence electrons. The fourth-order valence-corrected chi connectivity index (χ4v) is 2.97. The van der Waals surface area contributed by atoms with Gasteiger partial charge in [-0.3, -0.25) is 4.79 Å². The van der Waals surface area contributed by atoms with Gasteiger partial charge in [0.25, 0.3) is 0 Å². The maximum Gasteiger partial charge on any atom is 0.305 e. The van der Waals surface area contributed by atoms with Crippen LogP contribution in [0.2, 0.25) is 0 Å². The summed E-state index contributed by atoms with van der Waals surface area (Å²) in [6, 6.07) is 2.07. The van der Waals surface area contributed by atoms with Crippen LogP contribution in [0, 0.1) is 6.92 Å². The van der Waals surface area contributed by atoms with E-state index in [4.69, 9.17) is 5.73 Å². The topological polar surface area (TPSA) is 52.3 Å². The van der Waals surface area contributed by atoms with Crippen LogP contribution in [0.25, 0.3) is 0 Å². The molecule has 0 aliphatic carbocycles. The Morgan fingerprint density at radius 2 is 2.38 bits per heavy atom. The van der Waals surface area contributed by atoms with Gasteiger partial charge in [-0.2, -0.15) is 0 Å². The third-order valence-electron chi connectivity index (χ3n) is 2.37. The van der Waals surface area contributed by atoms with E-state index < -0.39 is 0 Å². The van der Waals surface area contributed by atoms with Gasteiger partial charge in [0.05, 0.1) is 7.11 Å². The number of esters is 1. The van der Waals surface area contributed by atoms with Crippen molar-refractivity contribution in [3.63, 3.8) is 0 Å². The van der Waals surface area contributed by atoms with E-state index in [0.717, 1.165) is 22.2 Å². The molecule has 0 bridgehead atoms. The normalized spacial score (nSPS) is 12.5. The van der Waals surface area contributed by atoms with Crippen molar-refractivity contribution in [1.82, 2.24) is 0 Å². The SMILES string of the molecule is COC(=O)CCCC(N)c1cc(Br)c(C)s1. The molecule has 0 aliphatic rings. The number of carbonyl (C=O) groups is 1. The van der Waals surface area contributed by atoms with Crippen molar-refractivity contribution >= 4 is 33.2 Å². The van der Waals surface area contributed by atoms with E-state index >= 15 is 0 Å². The average molecular weight is 306 g/mol. The van der Waals surface area contributed by atoms with Crippen LogP contribution in [-0.4, -0.2) is 13.1 Å². The van der Waals surface area contributed by atoms with Crippen LogP contribution in [0.1, 0.15) is 35.1 Å². The Balaban J connectivity index is 2.40. The zero-order valence-corrected chi connectivity index (χ0v) is 11.9. The lowest BCUT2D eigenvalue weighted by Gasteiger charge is -2.08. The number of hydrogen-bond acceptors (Lipinski definition) is 4. The molecule has 1 aromatic heterocycles. The summed E-state index contributed by atoms with van der Waals surface area (Å²) in [5.74, 6) is -0.171. The van der Waals surface area contributed by atoms with Gasteiger partial charge in [-0.1, -0.05) is 0 Å². The van der Waals surface area contributed by atoms with Gasteiger partial charge in [0.2, 0.25) is 0 Å². The average Bonchev–Trinajstić information content (AvgIpc) is 2.59. The van der Waals surface area contributed by atoms with Gasteiger partial charge in [-0.25, -0.2) is 0 Å². The molecule has 1 atom stereocenters. The first-order chi connectivity index (χ1) is 7.54. The lowest BCUT2D eigenvalue weighted by atomic mass is 10.1. The molecule has 2 N–H and O–H groups in total. The number of carbonyl (C=O) groups excluding carboxylic acids is 1. The monoisotopic (exact) mass is 305 g/mol. The van der Waals surface area contributed by atoms with Crippen molar-refractivity contribution in [3.05, 3.63) is 20.3 Å². The summed E-state index contributed by atoms with van der Waals surface area (Å²) in [4.78, 5) is 13.3. The van der Waals surface area contributed by atoms with E-state index in [1.165, 1.54) is 12.0 Å². The Morgan fingerprint density at radius 1 is 1.69 bits per heavy atom. The van der Waals surface area contributed by atoms with Crippen molar-refractivity contribution < 1.29 is 9.53 Å². The van der Waals surface area contributed by atoms with Gasteiger partial charge in [0.1, 0.15) is 0 Å². The third-order valence-corrected chi connectivity index (χ3v) is 4.63. The number of aryl methyl sites for hydroxylation is 1. The summed E-state index contributed by atoms with van der Waals surface area (Å²) in [5.41, 5.74) is 6.04. The maximum atomic E-state index is 10.9. The number of halogens is 1. The van der Waals surface area contributed by atoms with E-state index in [-0.39, 0.29) is 12.0 Å². The van der Waals surface area contributed by atoms with E-state index in [2.05, 4.69) is 33.7 Å². The molecular formula is C11H16BrNO2S. The largest absolute Gasteiger partial charge is 0.469 e. The van der Waals surface area contributed by atoms with Crippen LogP contribution in [0.15, 0.2) is 10.5 Å². The molecule has 0 spiro atoms. The van der Waals surface area contributed by atoms with Gasteiger partial charge in [0, 0.05) is 26.7 Å². The third kappa shape index (κ3) is 3.88. The van der Waals surface area contributed by atoms with Crippen LogP contribution < -0.4 is 5.73 Å². The molecule has 1 heterocycles. The zero-order valence-electron chi connectivity index (χ0n) is 9.46. The molecule has 0 aromatic carbocycles. The Bertz CT molecular complexity index is 345. The number of ether oxygens (including phenoxy) is 1. The number of hydrogen-bond donors (Lipinski definition) is 1. The van der Waals surface area contributed by atoms with Crippen LogP contribution in [-0.2, 0) is 9.53 Å². The molecule has 0 saturated heterocycles. The molecule has 16 heavy (non-hydrogen) atoms. The van der Waals surface area contributed by atoms with Crippen LogP contribution in [0.4, 0.5) is 0 Å². The molecule has 0 saturated carbocycles. The number of rotatable bonds is 5. The van der Waals surface area contributed by atoms with E-state index in [1.807, 2.05) is 0 Å². The number of thiophene rings is 1. The Hall–Kier alpha value is -0.390. The molecule has 0 amide bonds. The first-order valence-corrected chi connectivity index (χ1v) is 6.73. The quantitative estimate of drug-likeness (QED) is 0.850. The van der Waals surface area contributed by atoms with E-state index in [0.29, 0.717) is 6.42 Å². The zero-order chi connectivity index (χ0) is 12.1. The Kier molecular flexibility index (Phi) is 5.44. The summed E-state index contributed by atoms with van der Waals surface area (Å²) in [7, 11) is 1.40. The highest BCUT2D eigenvalue weighted by Crippen LogP contribution is 2.31. The molecule has 1 rings (SSSR count). The minimum absolute atomic E-state index is 0.0136. The van der Waals surface area contributed by atoms with Crippen molar-refractivity contribution in [1.29, 1.82) is 0 Å². The van der Waals surface area contributed by atoms with E-state index in [9.17, 15) is 4.79 Å². The van der Waals surface area contributed by atoms with Gasteiger partial charge < -0.3 is 10.5 Å². The predicted molar refractivity (Wildman–Crippen MR) is 69.6 cm³/mol. The Labute approximate surface area is 108 Å². The van der Waals surface area contributed by atoms with Gasteiger partial charge >= 0.3 is 5.97 Å². The molecule has 0 fully saturated rings. The second-order valence-electron chi connectivity index (χ2n) is 3.63. The summed E-state index contributed by atoms with van der Waals surface area (Å²) < 4.78 is 5.68. The highest BCUT2D eigenvalue weighted by molar-refractivity contribution is 9.10. The predicted octanol–water partition coefficient (Wildman–Crippen LogP) is 3.16. The minimum Gasteiger partial charge on any atom is -0.469 e. The van der Waals surface area contributed by atoms with Crippen molar-refractivity contribution in [2.24, 2.45) is 5.73 Å². The molecule has 3 nitrogen and oxygen atoms in total. The van der Waals surface area contributed by atoms with Crippen LogP contribution in [0.3, 0.4) is 0 Å². The molecule has 1 unspecified atom stereocenters. The maximum absolute atomic E-state index is 10.9. The first kappa shape index (κ1) is 13.7. The van der Waals surface area contributed by atoms with Crippen molar-refractivity contribution in [2.45, 2.75) is 32.2 Å².